The molecule has 0 aliphatic carbocycles. The van der Waals surface area contributed by atoms with E-state index >= 15 is 0 Å². The minimum atomic E-state index is -4.58. The molecule has 0 saturated carbocycles. The Bertz CT molecular complexity index is 762. The first kappa shape index (κ1) is 20.4. The van der Waals surface area contributed by atoms with Crippen molar-refractivity contribution in [2.75, 3.05) is 17.6 Å². The number of nitrogens with one attached hydrogen (secondary N) is 2. The maximum Gasteiger partial charge on any atom is 0.420 e. The van der Waals surface area contributed by atoms with Crippen molar-refractivity contribution in [1.29, 1.82) is 0 Å². The Hall–Kier alpha value is -2.90. The quantitative estimate of drug-likeness (QED) is 0.444. The van der Waals surface area contributed by atoms with E-state index in [-0.39, 0.29) is 23.2 Å². The van der Waals surface area contributed by atoms with E-state index in [1.807, 2.05) is 0 Å². The van der Waals surface area contributed by atoms with Crippen LogP contribution in [0.5, 0.6) is 11.5 Å². The van der Waals surface area contributed by atoms with E-state index in [9.17, 15) is 18.0 Å². The van der Waals surface area contributed by atoms with Crippen LogP contribution in [0.15, 0.2) is 42.5 Å². The van der Waals surface area contributed by atoms with Gasteiger partial charge < -0.3 is 21.1 Å². The van der Waals surface area contributed by atoms with Gasteiger partial charge in [-0.25, -0.2) is 4.79 Å². The Morgan fingerprint density at radius 3 is 2.44 bits per heavy atom. The monoisotopic (exact) mass is 381 g/mol. The summed E-state index contributed by atoms with van der Waals surface area (Å²) in [5, 5.41) is 5.38. The summed E-state index contributed by atoms with van der Waals surface area (Å²) < 4.78 is 44.6. The fourth-order valence-corrected chi connectivity index (χ4v) is 2.34. The lowest BCUT2D eigenvalue weighted by Gasteiger charge is -2.14. The Morgan fingerprint density at radius 1 is 1.11 bits per heavy atom. The van der Waals surface area contributed by atoms with Gasteiger partial charge in [0.15, 0.2) is 0 Å². The Balaban J connectivity index is 1.99. The number of nitrogens with two attached hydrogens (primary N) is 1. The third-order valence-electron chi connectivity index (χ3n) is 3.71. The van der Waals surface area contributed by atoms with Gasteiger partial charge >= 0.3 is 12.2 Å². The number of benzene rings is 2. The molecule has 0 saturated heterocycles. The number of nitrogen functional groups attached to an aromatic ring is 1. The molecule has 5 nitrogen and oxygen atoms in total. The van der Waals surface area contributed by atoms with Crippen LogP contribution in [0.25, 0.3) is 0 Å². The molecule has 2 aromatic rings. The Morgan fingerprint density at radius 2 is 1.81 bits per heavy atom. The number of carbonyl (C=O) groups is 1. The Kier molecular flexibility index (Phi) is 6.92. The zero-order valence-electron chi connectivity index (χ0n) is 14.9. The van der Waals surface area contributed by atoms with Gasteiger partial charge in [0.2, 0.25) is 0 Å². The largest absolute Gasteiger partial charge is 0.457 e. The molecule has 0 bridgehead atoms. The highest BCUT2D eigenvalue weighted by Crippen LogP contribution is 2.39. The summed E-state index contributed by atoms with van der Waals surface area (Å²) in [4.78, 5) is 11.7. The van der Waals surface area contributed by atoms with Crippen molar-refractivity contribution in [3.8, 4) is 11.5 Å². The van der Waals surface area contributed by atoms with E-state index in [2.05, 4.69) is 17.6 Å². The molecule has 8 heteroatoms. The second kappa shape index (κ2) is 9.16. The summed E-state index contributed by atoms with van der Waals surface area (Å²) in [6.45, 7) is 2.66. The number of amides is 2. The van der Waals surface area contributed by atoms with Gasteiger partial charge in [0.1, 0.15) is 17.1 Å². The molecule has 0 aliphatic heterocycles. The molecule has 146 valence electrons. The predicted molar refractivity (Wildman–Crippen MR) is 98.9 cm³/mol. The van der Waals surface area contributed by atoms with Gasteiger partial charge in [-0.2, -0.15) is 13.2 Å². The van der Waals surface area contributed by atoms with Crippen molar-refractivity contribution in [2.45, 2.75) is 32.4 Å². The van der Waals surface area contributed by atoms with Crippen molar-refractivity contribution in [3.63, 3.8) is 0 Å². The van der Waals surface area contributed by atoms with Crippen molar-refractivity contribution in [3.05, 3.63) is 48.0 Å². The fourth-order valence-electron chi connectivity index (χ4n) is 2.34. The second-order valence-electron chi connectivity index (χ2n) is 5.97. The van der Waals surface area contributed by atoms with E-state index in [4.69, 9.17) is 10.5 Å². The highest BCUT2D eigenvalue weighted by Gasteiger charge is 2.34. The maximum absolute atomic E-state index is 13.1. The number of rotatable bonds is 7. The maximum atomic E-state index is 13.1. The highest BCUT2D eigenvalue weighted by molar-refractivity contribution is 5.89. The number of urea groups is 1. The van der Waals surface area contributed by atoms with E-state index in [1.54, 1.807) is 12.1 Å². The molecule has 0 spiro atoms. The standard InChI is InChI=1S/C19H22F3N3O2/c1-2-3-4-11-24-18(26)25-14-6-8-15(9-7-14)27-17-10-5-13(23)12-16(17)19(20,21)22/h5-10,12H,2-4,11,23H2,1H3,(H2,24,25,26). The normalized spacial score (nSPS) is 11.1. The molecular formula is C19H22F3N3O2. The van der Waals surface area contributed by atoms with Crippen molar-refractivity contribution in [1.82, 2.24) is 5.32 Å². The van der Waals surface area contributed by atoms with Gasteiger partial charge in [-0.3, -0.25) is 0 Å². The van der Waals surface area contributed by atoms with E-state index in [0.717, 1.165) is 25.3 Å². The van der Waals surface area contributed by atoms with E-state index < -0.39 is 11.7 Å². The summed E-state index contributed by atoms with van der Waals surface area (Å²) in [6.07, 6.45) is -1.58. The van der Waals surface area contributed by atoms with Crippen LogP contribution in [0.1, 0.15) is 31.7 Å². The van der Waals surface area contributed by atoms with Gasteiger partial charge in [-0.15, -0.1) is 0 Å². The molecule has 27 heavy (non-hydrogen) atoms. The lowest BCUT2D eigenvalue weighted by molar-refractivity contribution is -0.138. The van der Waals surface area contributed by atoms with E-state index in [0.29, 0.717) is 12.2 Å². The third-order valence-corrected chi connectivity index (χ3v) is 3.71. The third kappa shape index (κ3) is 6.40. The minimum Gasteiger partial charge on any atom is -0.457 e. The van der Waals surface area contributed by atoms with Crippen LogP contribution < -0.4 is 21.1 Å². The number of anilines is 2. The fraction of sp³-hybridized carbons (Fsp3) is 0.316. The first-order valence-electron chi connectivity index (χ1n) is 8.59. The summed E-state index contributed by atoms with van der Waals surface area (Å²) in [6, 6.07) is 9.05. The number of alkyl halides is 3. The molecule has 0 heterocycles. The van der Waals surface area contributed by atoms with Gasteiger partial charge in [-0.05, 0) is 48.9 Å². The molecule has 0 aromatic heterocycles. The number of ether oxygens (including phenoxy) is 1. The van der Waals surface area contributed by atoms with Gasteiger partial charge in [0, 0.05) is 17.9 Å². The number of carbonyl (C=O) groups excluding carboxylic acids is 1. The Labute approximate surface area is 155 Å². The topological polar surface area (TPSA) is 76.4 Å². The average molecular weight is 381 g/mol. The second-order valence-corrected chi connectivity index (χ2v) is 5.97. The van der Waals surface area contributed by atoms with E-state index in [1.165, 1.54) is 24.3 Å². The number of hydrogen-bond acceptors (Lipinski definition) is 3. The summed E-state index contributed by atoms with van der Waals surface area (Å²) >= 11 is 0. The smallest absolute Gasteiger partial charge is 0.420 e. The van der Waals surface area contributed by atoms with Crippen molar-refractivity contribution < 1.29 is 22.7 Å². The number of unbranched alkanes of at least 4 members (excludes halogenated alkanes) is 2. The van der Waals surface area contributed by atoms with Crippen LogP contribution in [-0.2, 0) is 6.18 Å². The number of hydrogen-bond donors (Lipinski definition) is 3. The zero-order valence-corrected chi connectivity index (χ0v) is 14.9. The lowest BCUT2D eigenvalue weighted by Crippen LogP contribution is -2.29. The van der Waals surface area contributed by atoms with Crippen LogP contribution in [-0.4, -0.2) is 12.6 Å². The predicted octanol–water partition coefficient (Wildman–Crippen LogP) is 5.39. The van der Waals surface area contributed by atoms with Gasteiger partial charge in [0.25, 0.3) is 0 Å². The van der Waals surface area contributed by atoms with Crippen LogP contribution in [0, 0.1) is 0 Å². The van der Waals surface area contributed by atoms with Crippen LogP contribution in [0.4, 0.5) is 29.3 Å². The molecule has 0 unspecified atom stereocenters. The molecule has 0 atom stereocenters. The molecule has 4 N–H and O–H groups in total. The SMILES string of the molecule is CCCCCNC(=O)Nc1ccc(Oc2ccc(N)cc2C(F)(F)F)cc1. The number of halogens is 3. The molecule has 2 rings (SSSR count). The molecular weight excluding hydrogens is 359 g/mol. The first-order valence-corrected chi connectivity index (χ1v) is 8.59. The van der Waals surface area contributed by atoms with Crippen molar-refractivity contribution >= 4 is 17.4 Å². The zero-order chi connectivity index (χ0) is 19.9. The highest BCUT2D eigenvalue weighted by atomic mass is 19.4. The minimum absolute atomic E-state index is 0.000767. The molecule has 0 fully saturated rings. The molecule has 2 aromatic carbocycles. The van der Waals surface area contributed by atoms with Crippen LogP contribution >= 0.6 is 0 Å². The summed E-state index contributed by atoms with van der Waals surface area (Å²) in [7, 11) is 0. The summed E-state index contributed by atoms with van der Waals surface area (Å²) in [5.41, 5.74) is 4.99. The van der Waals surface area contributed by atoms with Crippen LogP contribution in [0.2, 0.25) is 0 Å². The summed E-state index contributed by atoms with van der Waals surface area (Å²) in [5.74, 6) is -0.134. The van der Waals surface area contributed by atoms with Crippen LogP contribution in [0.3, 0.4) is 0 Å². The van der Waals surface area contributed by atoms with Gasteiger partial charge in [0.05, 0.1) is 0 Å². The first-order chi connectivity index (χ1) is 12.8. The molecule has 2 amide bonds. The molecule has 0 aliphatic rings. The lowest BCUT2D eigenvalue weighted by atomic mass is 10.1. The van der Waals surface area contributed by atoms with Crippen molar-refractivity contribution in [2.24, 2.45) is 0 Å². The molecule has 0 radical (unpaired) electrons. The van der Waals surface area contributed by atoms with Gasteiger partial charge in [-0.1, -0.05) is 19.8 Å². The average Bonchev–Trinajstić information content (AvgIpc) is 2.61.